The van der Waals surface area contributed by atoms with Crippen molar-refractivity contribution in [3.63, 3.8) is 0 Å². The van der Waals surface area contributed by atoms with Crippen LogP contribution in [0.5, 0.6) is 5.75 Å². The van der Waals surface area contributed by atoms with E-state index in [-0.39, 0.29) is 16.5 Å². The molecule has 0 spiro atoms. The Morgan fingerprint density at radius 1 is 1.38 bits per heavy atom. The van der Waals surface area contributed by atoms with Gasteiger partial charge in [0.15, 0.2) is 10.6 Å². The highest BCUT2D eigenvalue weighted by Gasteiger charge is 2.43. The Hall–Kier alpha value is -1.06. The van der Waals surface area contributed by atoms with Gasteiger partial charge in [-0.15, -0.1) is 0 Å². The number of aliphatic hydroxyl groups is 1. The fourth-order valence-electron chi connectivity index (χ4n) is 1.85. The lowest BCUT2D eigenvalue weighted by molar-refractivity contribution is -0.156. The Balaban J connectivity index is 2.33. The maximum Gasteiger partial charge on any atom is 0.369 e. The second-order valence-electron chi connectivity index (χ2n) is 4.45. The van der Waals surface area contributed by atoms with Crippen LogP contribution in [0.1, 0.15) is 12.8 Å². The molecule has 1 aromatic carbocycles. The summed E-state index contributed by atoms with van der Waals surface area (Å²) in [6.07, 6.45) is 0.504. The van der Waals surface area contributed by atoms with E-state index in [0.717, 1.165) is 12.1 Å². The van der Waals surface area contributed by atoms with Crippen LogP contribution in [0.15, 0.2) is 17.0 Å². The molecule has 21 heavy (non-hydrogen) atoms. The first kappa shape index (κ1) is 16.3. The number of nitrogens with one attached hydrogen (secondary N) is 1. The molecular formula is C11H11Cl2NO6S. The maximum atomic E-state index is 12.0. The normalized spacial score (nSPS) is 22.2. The average molecular weight is 356 g/mol. The van der Waals surface area contributed by atoms with Crippen molar-refractivity contribution in [1.29, 1.82) is 0 Å². The van der Waals surface area contributed by atoms with Gasteiger partial charge in [0.05, 0.1) is 5.02 Å². The van der Waals surface area contributed by atoms with Crippen LogP contribution in [0.4, 0.5) is 0 Å². The molecule has 7 nitrogen and oxygen atoms in total. The molecule has 0 aliphatic carbocycles. The predicted molar refractivity (Wildman–Crippen MR) is 73.6 cm³/mol. The Labute approximate surface area is 130 Å². The van der Waals surface area contributed by atoms with Crippen molar-refractivity contribution < 1.29 is 27.6 Å². The van der Waals surface area contributed by atoms with Crippen LogP contribution in [0.25, 0.3) is 0 Å². The molecule has 1 heterocycles. The van der Waals surface area contributed by atoms with Crippen LogP contribution >= 0.6 is 23.2 Å². The summed E-state index contributed by atoms with van der Waals surface area (Å²) >= 11 is 11.3. The number of hydrogen-bond donors (Lipinski definition) is 3. The number of carbonyl (C=O) groups is 1. The summed E-state index contributed by atoms with van der Waals surface area (Å²) in [5.41, 5.74) is -2.06. The van der Waals surface area contributed by atoms with E-state index < -0.39 is 32.5 Å². The molecule has 0 aromatic heterocycles. The molecule has 0 bridgehead atoms. The lowest BCUT2D eigenvalue weighted by Crippen LogP contribution is -2.49. The zero-order valence-electron chi connectivity index (χ0n) is 10.5. The zero-order chi connectivity index (χ0) is 15.8. The molecule has 0 radical (unpaired) electrons. The predicted octanol–water partition coefficient (Wildman–Crippen LogP) is 1.00. The van der Waals surface area contributed by atoms with Gasteiger partial charge in [0.25, 0.3) is 0 Å². The molecule has 10 heteroatoms. The number of phenols is 1. The molecule has 1 atom stereocenters. The van der Waals surface area contributed by atoms with Crippen LogP contribution in [-0.4, -0.2) is 36.9 Å². The van der Waals surface area contributed by atoms with Gasteiger partial charge in [0.1, 0.15) is 0 Å². The summed E-state index contributed by atoms with van der Waals surface area (Å²) in [5.74, 6) is -2.17. The fraction of sp³-hybridized carbons (Fsp3) is 0.364. The minimum atomic E-state index is -4.68. The third-order valence-corrected chi connectivity index (χ3v) is 4.65. The Morgan fingerprint density at radius 2 is 2.05 bits per heavy atom. The lowest BCUT2D eigenvalue weighted by Gasteiger charge is -2.20. The van der Waals surface area contributed by atoms with Crippen LogP contribution in [0, 0.1) is 0 Å². The van der Waals surface area contributed by atoms with Crippen molar-refractivity contribution in [1.82, 2.24) is 5.32 Å². The van der Waals surface area contributed by atoms with Crippen LogP contribution in [0.2, 0.25) is 10.0 Å². The lowest BCUT2D eigenvalue weighted by atomic mass is 10.2. The van der Waals surface area contributed by atoms with Crippen LogP contribution in [0.3, 0.4) is 0 Å². The van der Waals surface area contributed by atoms with Crippen molar-refractivity contribution in [2.45, 2.75) is 23.5 Å². The average Bonchev–Trinajstić information content (AvgIpc) is 2.81. The molecule has 2 rings (SSSR count). The number of carbonyl (C=O) groups excluding carboxylic acids is 1. The first-order valence-electron chi connectivity index (χ1n) is 5.80. The summed E-state index contributed by atoms with van der Waals surface area (Å²) in [5, 5.41) is 21.6. The van der Waals surface area contributed by atoms with Crippen molar-refractivity contribution in [2.24, 2.45) is 0 Å². The topological polar surface area (TPSA) is 113 Å². The van der Waals surface area contributed by atoms with Gasteiger partial charge < -0.3 is 14.4 Å². The summed E-state index contributed by atoms with van der Waals surface area (Å²) < 4.78 is 28.4. The van der Waals surface area contributed by atoms with Crippen LogP contribution in [-0.2, 0) is 19.1 Å². The number of phenolic OH excluding ortho intramolecular Hbond substituents is 1. The van der Waals surface area contributed by atoms with Gasteiger partial charge in [0, 0.05) is 11.4 Å². The highest BCUT2D eigenvalue weighted by molar-refractivity contribution is 7.87. The smallest absolute Gasteiger partial charge is 0.369 e. The Morgan fingerprint density at radius 3 is 2.62 bits per heavy atom. The second kappa shape index (κ2) is 5.62. The number of benzene rings is 1. The molecular weight excluding hydrogens is 345 g/mol. The first-order valence-corrected chi connectivity index (χ1v) is 7.96. The zero-order valence-corrected chi connectivity index (χ0v) is 12.8. The van der Waals surface area contributed by atoms with E-state index in [1.54, 1.807) is 0 Å². The van der Waals surface area contributed by atoms with Gasteiger partial charge in [-0.1, -0.05) is 23.2 Å². The van der Waals surface area contributed by atoms with Gasteiger partial charge in [-0.25, -0.2) is 4.79 Å². The first-order chi connectivity index (χ1) is 9.66. The number of halogens is 2. The highest BCUT2D eigenvalue weighted by Crippen LogP contribution is 2.35. The molecule has 116 valence electrons. The van der Waals surface area contributed by atoms with E-state index in [0.29, 0.717) is 13.0 Å². The second-order valence-corrected chi connectivity index (χ2v) is 6.81. The summed E-state index contributed by atoms with van der Waals surface area (Å²) in [7, 11) is -4.68. The molecule has 0 amide bonds. The number of rotatable bonds is 3. The van der Waals surface area contributed by atoms with Crippen molar-refractivity contribution in [3.8, 4) is 5.75 Å². The fourth-order valence-corrected chi connectivity index (χ4v) is 3.51. The van der Waals surface area contributed by atoms with E-state index in [9.17, 15) is 23.4 Å². The Kier molecular flexibility index (Phi) is 4.36. The van der Waals surface area contributed by atoms with E-state index in [1.165, 1.54) is 0 Å². The van der Waals surface area contributed by atoms with Gasteiger partial charge in [-0.2, -0.15) is 8.42 Å². The Bertz CT molecular complexity index is 684. The SMILES string of the molecule is O=C(OS(=O)(=O)c1cc(Cl)cc(Cl)c1O)[C@]1(O)CCCN1. The van der Waals surface area contributed by atoms with Gasteiger partial charge in [0.2, 0.25) is 5.72 Å². The number of aromatic hydroxyl groups is 1. The van der Waals surface area contributed by atoms with E-state index in [4.69, 9.17) is 23.2 Å². The third-order valence-electron chi connectivity index (χ3n) is 2.92. The van der Waals surface area contributed by atoms with Gasteiger partial charge in [-0.05, 0) is 25.1 Å². The summed E-state index contributed by atoms with van der Waals surface area (Å²) in [6, 6.07) is 2.02. The van der Waals surface area contributed by atoms with Gasteiger partial charge in [-0.3, -0.25) is 5.32 Å². The minimum Gasteiger partial charge on any atom is -0.505 e. The molecule has 0 saturated carbocycles. The molecule has 1 fully saturated rings. The molecule has 1 aromatic rings. The largest absolute Gasteiger partial charge is 0.505 e. The molecule has 1 aliphatic rings. The van der Waals surface area contributed by atoms with E-state index in [2.05, 4.69) is 9.50 Å². The highest BCUT2D eigenvalue weighted by atomic mass is 35.5. The minimum absolute atomic E-state index is 0.0175. The molecule has 1 aliphatic heterocycles. The molecule has 1 saturated heterocycles. The van der Waals surface area contributed by atoms with E-state index in [1.807, 2.05) is 0 Å². The summed E-state index contributed by atoms with van der Waals surface area (Å²) in [4.78, 5) is 11.0. The third kappa shape index (κ3) is 3.24. The standard InChI is InChI=1S/C11H11Cl2NO6S/c12-6-4-7(13)9(15)8(5-6)21(18,19)20-10(16)11(17)2-1-3-14-11/h4-5,14-15,17H,1-3H2/t11-/m1/s1. The molecule has 0 unspecified atom stereocenters. The summed E-state index contributed by atoms with van der Waals surface area (Å²) in [6.45, 7) is 0.347. The molecule has 3 N–H and O–H groups in total. The monoisotopic (exact) mass is 355 g/mol. The van der Waals surface area contributed by atoms with Crippen molar-refractivity contribution >= 4 is 39.3 Å². The van der Waals surface area contributed by atoms with Gasteiger partial charge >= 0.3 is 16.1 Å². The quantitative estimate of drug-likeness (QED) is 0.693. The van der Waals surface area contributed by atoms with Crippen molar-refractivity contribution in [2.75, 3.05) is 6.54 Å². The number of hydrogen-bond acceptors (Lipinski definition) is 7. The van der Waals surface area contributed by atoms with Crippen LogP contribution < -0.4 is 5.32 Å². The maximum absolute atomic E-state index is 12.0. The van der Waals surface area contributed by atoms with Crippen molar-refractivity contribution in [3.05, 3.63) is 22.2 Å². The van der Waals surface area contributed by atoms with E-state index >= 15 is 0 Å².